The lowest BCUT2D eigenvalue weighted by Gasteiger charge is -2.24. The summed E-state index contributed by atoms with van der Waals surface area (Å²) in [7, 11) is 0. The highest BCUT2D eigenvalue weighted by molar-refractivity contribution is 6.09. The number of rotatable bonds is 9. The minimum atomic E-state index is -0.639. The standard InChI is InChI=1S/C18H22N4O2/c1-4-9-21-18(24)15-12-13(17(20)23)7-8-14(15)16(19)22(10-5-2)11-6-3/h4-8,12,19H,1-3,9-11H2,(H2,20,23)(H,21,24). The summed E-state index contributed by atoms with van der Waals surface area (Å²) in [5.74, 6) is -0.913. The fourth-order valence-corrected chi connectivity index (χ4v) is 2.09. The number of nitrogens with two attached hydrogens (primary N) is 1. The Labute approximate surface area is 141 Å². The van der Waals surface area contributed by atoms with Gasteiger partial charge in [0.05, 0.1) is 5.56 Å². The Morgan fingerprint density at radius 1 is 1.12 bits per heavy atom. The fourth-order valence-electron chi connectivity index (χ4n) is 2.09. The predicted octanol–water partition coefficient (Wildman–Crippen LogP) is 1.70. The molecule has 126 valence electrons. The molecule has 6 heteroatoms. The Bertz CT molecular complexity index is 670. The normalized spacial score (nSPS) is 9.67. The molecule has 0 fully saturated rings. The van der Waals surface area contributed by atoms with Crippen LogP contribution in [-0.2, 0) is 0 Å². The minimum absolute atomic E-state index is 0.134. The van der Waals surface area contributed by atoms with Gasteiger partial charge in [-0.2, -0.15) is 0 Å². The molecule has 0 aliphatic carbocycles. The largest absolute Gasteiger partial charge is 0.366 e. The van der Waals surface area contributed by atoms with Gasteiger partial charge in [0, 0.05) is 30.8 Å². The van der Waals surface area contributed by atoms with E-state index in [9.17, 15) is 9.59 Å². The van der Waals surface area contributed by atoms with Crippen LogP contribution in [-0.4, -0.2) is 42.2 Å². The number of benzene rings is 1. The first kappa shape index (κ1) is 18.9. The average Bonchev–Trinajstić information content (AvgIpc) is 2.58. The van der Waals surface area contributed by atoms with E-state index in [-0.39, 0.29) is 23.5 Å². The van der Waals surface area contributed by atoms with Crippen LogP contribution in [0.1, 0.15) is 26.3 Å². The molecular weight excluding hydrogens is 304 g/mol. The number of hydrogen-bond donors (Lipinski definition) is 3. The smallest absolute Gasteiger partial charge is 0.252 e. The van der Waals surface area contributed by atoms with Gasteiger partial charge >= 0.3 is 0 Å². The van der Waals surface area contributed by atoms with E-state index in [1.165, 1.54) is 12.1 Å². The molecule has 24 heavy (non-hydrogen) atoms. The monoisotopic (exact) mass is 326 g/mol. The van der Waals surface area contributed by atoms with Crippen molar-refractivity contribution in [3.63, 3.8) is 0 Å². The van der Waals surface area contributed by atoms with Crippen LogP contribution in [0.3, 0.4) is 0 Å². The SMILES string of the molecule is C=CCNC(=O)c1cc(C(N)=O)ccc1C(=N)N(CC=C)CC=C. The van der Waals surface area contributed by atoms with Gasteiger partial charge in [-0.15, -0.1) is 19.7 Å². The van der Waals surface area contributed by atoms with Crippen molar-refractivity contribution in [2.75, 3.05) is 19.6 Å². The Kier molecular flexibility index (Phi) is 7.16. The van der Waals surface area contributed by atoms with E-state index in [1.807, 2.05) is 0 Å². The van der Waals surface area contributed by atoms with Crippen molar-refractivity contribution < 1.29 is 9.59 Å². The number of primary amides is 1. The summed E-state index contributed by atoms with van der Waals surface area (Å²) in [6, 6.07) is 4.44. The van der Waals surface area contributed by atoms with Gasteiger partial charge in [0.1, 0.15) is 5.84 Å². The van der Waals surface area contributed by atoms with Crippen LogP contribution in [0.4, 0.5) is 0 Å². The zero-order valence-electron chi connectivity index (χ0n) is 13.5. The number of carbonyl (C=O) groups is 2. The number of nitrogens with zero attached hydrogens (tertiary/aromatic N) is 1. The van der Waals surface area contributed by atoms with Crippen LogP contribution in [0.5, 0.6) is 0 Å². The number of hydrogen-bond acceptors (Lipinski definition) is 3. The van der Waals surface area contributed by atoms with Crippen LogP contribution >= 0.6 is 0 Å². The van der Waals surface area contributed by atoms with Crippen molar-refractivity contribution in [3.05, 3.63) is 72.9 Å². The van der Waals surface area contributed by atoms with Gasteiger partial charge in [-0.25, -0.2) is 0 Å². The van der Waals surface area contributed by atoms with E-state index in [0.29, 0.717) is 18.7 Å². The molecule has 0 aromatic heterocycles. The van der Waals surface area contributed by atoms with Crippen LogP contribution in [0.15, 0.2) is 56.2 Å². The molecule has 2 amide bonds. The van der Waals surface area contributed by atoms with Crippen molar-refractivity contribution in [1.82, 2.24) is 10.2 Å². The van der Waals surface area contributed by atoms with Crippen molar-refractivity contribution >= 4 is 17.6 Å². The predicted molar refractivity (Wildman–Crippen MR) is 96.3 cm³/mol. The average molecular weight is 326 g/mol. The van der Waals surface area contributed by atoms with Crippen molar-refractivity contribution in [3.8, 4) is 0 Å². The van der Waals surface area contributed by atoms with Gasteiger partial charge in [-0.05, 0) is 18.2 Å². The highest BCUT2D eigenvalue weighted by atomic mass is 16.2. The van der Waals surface area contributed by atoms with E-state index in [0.717, 1.165) is 0 Å². The zero-order chi connectivity index (χ0) is 18.1. The molecule has 0 aliphatic rings. The molecule has 4 N–H and O–H groups in total. The first-order valence-electron chi connectivity index (χ1n) is 7.34. The molecule has 0 bridgehead atoms. The molecule has 0 heterocycles. The molecular formula is C18H22N4O2. The van der Waals surface area contributed by atoms with Crippen LogP contribution in [0, 0.1) is 5.41 Å². The number of carbonyl (C=O) groups excluding carboxylic acids is 2. The quantitative estimate of drug-likeness (QED) is 0.366. The summed E-state index contributed by atoms with van der Waals surface area (Å²) in [4.78, 5) is 25.5. The molecule has 0 unspecified atom stereocenters. The second-order valence-electron chi connectivity index (χ2n) is 4.95. The second kappa shape index (κ2) is 9.09. The van der Waals surface area contributed by atoms with E-state index in [1.54, 1.807) is 29.2 Å². The maximum Gasteiger partial charge on any atom is 0.252 e. The maximum atomic E-state index is 12.4. The molecule has 0 atom stereocenters. The van der Waals surface area contributed by atoms with Gasteiger partial charge in [0.25, 0.3) is 5.91 Å². The van der Waals surface area contributed by atoms with Crippen molar-refractivity contribution in [2.24, 2.45) is 5.73 Å². The number of amidine groups is 1. The van der Waals surface area contributed by atoms with Crippen molar-refractivity contribution in [2.45, 2.75) is 0 Å². The Balaban J connectivity index is 3.33. The Morgan fingerprint density at radius 2 is 1.75 bits per heavy atom. The molecule has 1 aromatic carbocycles. The van der Waals surface area contributed by atoms with E-state index >= 15 is 0 Å². The number of nitrogens with one attached hydrogen (secondary N) is 2. The van der Waals surface area contributed by atoms with Crippen LogP contribution < -0.4 is 11.1 Å². The lowest BCUT2D eigenvalue weighted by Crippen LogP contribution is -2.34. The molecule has 0 saturated carbocycles. The van der Waals surface area contributed by atoms with Gasteiger partial charge in [0.15, 0.2) is 0 Å². The third-order valence-corrected chi connectivity index (χ3v) is 3.23. The summed E-state index contributed by atoms with van der Waals surface area (Å²) in [5.41, 5.74) is 6.09. The molecule has 0 radical (unpaired) electrons. The highest BCUT2D eigenvalue weighted by Crippen LogP contribution is 2.15. The third kappa shape index (κ3) is 4.67. The van der Waals surface area contributed by atoms with Crippen LogP contribution in [0.2, 0.25) is 0 Å². The molecule has 6 nitrogen and oxygen atoms in total. The first-order chi connectivity index (χ1) is 11.5. The summed E-state index contributed by atoms with van der Waals surface area (Å²) in [6.07, 6.45) is 4.86. The topological polar surface area (TPSA) is 99.3 Å². The minimum Gasteiger partial charge on any atom is -0.366 e. The lowest BCUT2D eigenvalue weighted by atomic mass is 10.0. The second-order valence-corrected chi connectivity index (χ2v) is 4.95. The first-order valence-corrected chi connectivity index (χ1v) is 7.34. The molecule has 0 aliphatic heterocycles. The summed E-state index contributed by atoms with van der Waals surface area (Å²) in [5, 5.41) is 11.0. The van der Waals surface area contributed by atoms with E-state index in [4.69, 9.17) is 11.1 Å². The summed E-state index contributed by atoms with van der Waals surface area (Å²) < 4.78 is 0. The van der Waals surface area contributed by atoms with Gasteiger partial charge in [-0.1, -0.05) is 18.2 Å². The van der Waals surface area contributed by atoms with E-state index in [2.05, 4.69) is 25.1 Å². The third-order valence-electron chi connectivity index (χ3n) is 3.23. The number of amides is 2. The Morgan fingerprint density at radius 3 is 2.25 bits per heavy atom. The lowest BCUT2D eigenvalue weighted by molar-refractivity contribution is 0.0957. The van der Waals surface area contributed by atoms with Gasteiger partial charge in [-0.3, -0.25) is 15.0 Å². The zero-order valence-corrected chi connectivity index (χ0v) is 13.5. The van der Waals surface area contributed by atoms with Gasteiger partial charge in [0.2, 0.25) is 5.91 Å². The molecule has 1 rings (SSSR count). The summed E-state index contributed by atoms with van der Waals surface area (Å²) >= 11 is 0. The van der Waals surface area contributed by atoms with Crippen LogP contribution in [0.25, 0.3) is 0 Å². The van der Waals surface area contributed by atoms with E-state index < -0.39 is 11.8 Å². The molecule has 1 aromatic rings. The molecule has 0 spiro atoms. The van der Waals surface area contributed by atoms with Gasteiger partial charge < -0.3 is 16.0 Å². The highest BCUT2D eigenvalue weighted by Gasteiger charge is 2.19. The Hall–Kier alpha value is -3.15. The molecule has 0 saturated heterocycles. The summed E-state index contributed by atoms with van der Waals surface area (Å²) in [6.45, 7) is 12.0. The maximum absolute atomic E-state index is 12.4. The van der Waals surface area contributed by atoms with Crippen molar-refractivity contribution in [1.29, 1.82) is 5.41 Å². The fraction of sp³-hybridized carbons (Fsp3) is 0.167.